The molecule has 1 fully saturated rings. The largest absolute Gasteiger partial charge is 0.419 e. The number of aromatic nitrogens is 2. The van der Waals surface area contributed by atoms with E-state index in [4.69, 9.17) is 0 Å². The first-order chi connectivity index (χ1) is 10.8. The van der Waals surface area contributed by atoms with Crippen molar-refractivity contribution in [1.82, 2.24) is 14.5 Å². The number of halogens is 5. The van der Waals surface area contributed by atoms with E-state index in [-0.39, 0.29) is 5.56 Å². The zero-order valence-electron chi connectivity index (χ0n) is 12.0. The quantitative estimate of drug-likeness (QED) is 0.801. The second-order valence-corrected chi connectivity index (χ2v) is 5.55. The SMILES string of the molecule is Fc1ccc(-c2cn(CCN3CC(F)C3)cn2)cc1C(F)(F)F. The minimum absolute atomic E-state index is 0.199. The summed E-state index contributed by atoms with van der Waals surface area (Å²) in [5, 5.41) is 0. The van der Waals surface area contributed by atoms with E-state index in [0.717, 1.165) is 12.1 Å². The molecule has 0 atom stereocenters. The van der Waals surface area contributed by atoms with Crippen molar-refractivity contribution < 1.29 is 22.0 Å². The van der Waals surface area contributed by atoms with Crippen LogP contribution in [0.2, 0.25) is 0 Å². The predicted octanol–water partition coefficient (Wildman–Crippen LogP) is 3.36. The van der Waals surface area contributed by atoms with Crippen molar-refractivity contribution in [2.45, 2.75) is 18.9 Å². The molecule has 124 valence electrons. The maximum atomic E-state index is 13.3. The Morgan fingerprint density at radius 3 is 2.57 bits per heavy atom. The molecule has 1 aliphatic rings. The van der Waals surface area contributed by atoms with Gasteiger partial charge in [0.1, 0.15) is 12.0 Å². The number of rotatable bonds is 4. The van der Waals surface area contributed by atoms with Gasteiger partial charge in [-0.05, 0) is 18.2 Å². The summed E-state index contributed by atoms with van der Waals surface area (Å²) in [5.74, 6) is -1.31. The number of alkyl halides is 4. The van der Waals surface area contributed by atoms with Gasteiger partial charge in [-0.15, -0.1) is 0 Å². The zero-order chi connectivity index (χ0) is 16.6. The van der Waals surface area contributed by atoms with Crippen LogP contribution < -0.4 is 0 Å². The van der Waals surface area contributed by atoms with Gasteiger partial charge in [0, 0.05) is 37.9 Å². The minimum Gasteiger partial charge on any atom is -0.336 e. The maximum Gasteiger partial charge on any atom is 0.419 e. The highest BCUT2D eigenvalue weighted by Crippen LogP contribution is 2.33. The Labute approximate surface area is 129 Å². The van der Waals surface area contributed by atoms with Gasteiger partial charge in [-0.2, -0.15) is 13.2 Å². The number of likely N-dealkylation sites (tertiary alicyclic amines) is 1. The number of hydrogen-bond donors (Lipinski definition) is 0. The van der Waals surface area contributed by atoms with Crippen LogP contribution in [-0.2, 0) is 12.7 Å². The molecule has 1 aliphatic heterocycles. The van der Waals surface area contributed by atoms with Gasteiger partial charge in [0.05, 0.1) is 17.6 Å². The average Bonchev–Trinajstić information content (AvgIpc) is 2.90. The molecule has 0 aliphatic carbocycles. The topological polar surface area (TPSA) is 21.1 Å². The second kappa shape index (κ2) is 5.92. The summed E-state index contributed by atoms with van der Waals surface area (Å²) >= 11 is 0. The van der Waals surface area contributed by atoms with Gasteiger partial charge in [-0.25, -0.2) is 13.8 Å². The van der Waals surface area contributed by atoms with E-state index in [1.807, 2.05) is 4.90 Å². The van der Waals surface area contributed by atoms with Crippen LogP contribution in [0.1, 0.15) is 5.56 Å². The number of imidazole rings is 1. The Morgan fingerprint density at radius 1 is 1.17 bits per heavy atom. The standard InChI is InChI=1S/C15H14F5N3/c16-11-6-22(7-11)3-4-23-8-14(21-9-23)10-1-2-13(17)12(5-10)15(18,19)20/h1-2,5,8-9,11H,3-4,6-7H2. The van der Waals surface area contributed by atoms with E-state index < -0.39 is 23.7 Å². The molecule has 3 nitrogen and oxygen atoms in total. The first-order valence-electron chi connectivity index (χ1n) is 7.08. The van der Waals surface area contributed by atoms with Crippen LogP contribution in [0.15, 0.2) is 30.7 Å². The Hall–Kier alpha value is -1.96. The van der Waals surface area contributed by atoms with Crippen molar-refractivity contribution in [2.24, 2.45) is 0 Å². The molecule has 3 rings (SSSR count). The summed E-state index contributed by atoms with van der Waals surface area (Å²) < 4.78 is 65.9. The van der Waals surface area contributed by atoms with Gasteiger partial charge in [-0.3, -0.25) is 4.90 Å². The molecule has 2 heterocycles. The van der Waals surface area contributed by atoms with E-state index in [1.165, 1.54) is 12.4 Å². The Balaban J connectivity index is 1.72. The zero-order valence-corrected chi connectivity index (χ0v) is 12.0. The summed E-state index contributed by atoms with van der Waals surface area (Å²) in [7, 11) is 0. The van der Waals surface area contributed by atoms with Crippen molar-refractivity contribution in [1.29, 1.82) is 0 Å². The fourth-order valence-corrected chi connectivity index (χ4v) is 2.48. The average molecular weight is 331 g/mol. The van der Waals surface area contributed by atoms with Crippen molar-refractivity contribution >= 4 is 0 Å². The van der Waals surface area contributed by atoms with Crippen LogP contribution in [0.4, 0.5) is 22.0 Å². The van der Waals surface area contributed by atoms with Gasteiger partial charge in [0.15, 0.2) is 0 Å². The molecule has 1 aromatic heterocycles. The summed E-state index contributed by atoms with van der Waals surface area (Å²) in [5.41, 5.74) is -0.771. The molecule has 0 saturated carbocycles. The lowest BCUT2D eigenvalue weighted by atomic mass is 10.1. The molecular weight excluding hydrogens is 317 g/mol. The highest BCUT2D eigenvalue weighted by molar-refractivity contribution is 5.59. The molecule has 23 heavy (non-hydrogen) atoms. The third kappa shape index (κ3) is 3.52. The normalized spacial score (nSPS) is 16.6. The van der Waals surface area contributed by atoms with E-state index in [0.29, 0.717) is 31.9 Å². The third-order valence-corrected chi connectivity index (χ3v) is 3.79. The van der Waals surface area contributed by atoms with E-state index in [2.05, 4.69) is 4.98 Å². The van der Waals surface area contributed by atoms with Crippen LogP contribution in [0.25, 0.3) is 11.3 Å². The highest BCUT2D eigenvalue weighted by atomic mass is 19.4. The fourth-order valence-electron chi connectivity index (χ4n) is 2.48. The number of benzene rings is 1. The van der Waals surface area contributed by atoms with Crippen LogP contribution >= 0.6 is 0 Å². The summed E-state index contributed by atoms with van der Waals surface area (Å²) in [4.78, 5) is 5.99. The van der Waals surface area contributed by atoms with Gasteiger partial charge in [-0.1, -0.05) is 0 Å². The highest BCUT2D eigenvalue weighted by Gasteiger charge is 2.34. The lowest BCUT2D eigenvalue weighted by Gasteiger charge is -2.34. The summed E-state index contributed by atoms with van der Waals surface area (Å²) in [6, 6.07) is 2.81. The first-order valence-corrected chi connectivity index (χ1v) is 7.08. The minimum atomic E-state index is -4.75. The van der Waals surface area contributed by atoms with E-state index >= 15 is 0 Å². The Kier molecular flexibility index (Phi) is 4.09. The van der Waals surface area contributed by atoms with Crippen molar-refractivity contribution in [3.63, 3.8) is 0 Å². The monoisotopic (exact) mass is 331 g/mol. The molecule has 1 aromatic carbocycles. The van der Waals surface area contributed by atoms with E-state index in [9.17, 15) is 22.0 Å². The smallest absolute Gasteiger partial charge is 0.336 e. The van der Waals surface area contributed by atoms with Crippen LogP contribution in [0.3, 0.4) is 0 Å². The molecule has 8 heteroatoms. The molecule has 0 unspecified atom stereocenters. The summed E-state index contributed by atoms with van der Waals surface area (Å²) in [6.45, 7) is 2.03. The van der Waals surface area contributed by atoms with Gasteiger partial charge < -0.3 is 4.57 Å². The Bertz CT molecular complexity index is 689. The maximum absolute atomic E-state index is 13.3. The van der Waals surface area contributed by atoms with Crippen molar-refractivity contribution in [3.05, 3.63) is 42.1 Å². The van der Waals surface area contributed by atoms with E-state index in [1.54, 1.807) is 10.8 Å². The number of nitrogens with zero attached hydrogens (tertiary/aromatic N) is 3. The van der Waals surface area contributed by atoms with Gasteiger partial charge in [0.2, 0.25) is 0 Å². The molecule has 0 bridgehead atoms. The lowest BCUT2D eigenvalue weighted by molar-refractivity contribution is -0.139. The van der Waals surface area contributed by atoms with Crippen LogP contribution in [0, 0.1) is 5.82 Å². The Morgan fingerprint density at radius 2 is 1.91 bits per heavy atom. The first kappa shape index (κ1) is 15.9. The predicted molar refractivity (Wildman–Crippen MR) is 74.0 cm³/mol. The van der Waals surface area contributed by atoms with Crippen molar-refractivity contribution in [2.75, 3.05) is 19.6 Å². The molecule has 1 saturated heterocycles. The van der Waals surface area contributed by atoms with Gasteiger partial charge >= 0.3 is 6.18 Å². The number of hydrogen-bond acceptors (Lipinski definition) is 2. The molecule has 0 spiro atoms. The second-order valence-electron chi connectivity index (χ2n) is 5.55. The summed E-state index contributed by atoms with van der Waals surface area (Å²) in [6.07, 6.45) is -2.42. The molecule has 0 radical (unpaired) electrons. The third-order valence-electron chi connectivity index (χ3n) is 3.79. The van der Waals surface area contributed by atoms with Gasteiger partial charge in [0.25, 0.3) is 0 Å². The lowest BCUT2D eigenvalue weighted by Crippen LogP contribution is -2.49. The molecular formula is C15H14F5N3. The molecule has 0 N–H and O–H groups in total. The molecule has 2 aromatic rings. The van der Waals surface area contributed by atoms with Crippen LogP contribution in [-0.4, -0.2) is 40.3 Å². The van der Waals surface area contributed by atoms with Crippen molar-refractivity contribution in [3.8, 4) is 11.3 Å². The fraction of sp³-hybridized carbons (Fsp3) is 0.400. The van der Waals surface area contributed by atoms with Crippen LogP contribution in [0.5, 0.6) is 0 Å². The molecule has 0 amide bonds.